The SMILES string of the molecule is Cc1ccc(NC(=O)c2nnc(CNS(=O)(=O)c3cn(C)cn3)s2)cc1. The Kier molecular flexibility index (Phi) is 5.11. The summed E-state index contributed by atoms with van der Waals surface area (Å²) in [5.74, 6) is -0.398. The van der Waals surface area contributed by atoms with Crippen LogP contribution in [0.2, 0.25) is 0 Å². The molecule has 2 N–H and O–H groups in total. The van der Waals surface area contributed by atoms with E-state index in [1.54, 1.807) is 19.2 Å². The third-order valence-electron chi connectivity index (χ3n) is 3.34. The van der Waals surface area contributed by atoms with E-state index >= 15 is 0 Å². The molecular formula is C15H16N6O3S2. The summed E-state index contributed by atoms with van der Waals surface area (Å²) in [6.07, 6.45) is 2.79. The largest absolute Gasteiger partial charge is 0.339 e. The van der Waals surface area contributed by atoms with Gasteiger partial charge in [0.1, 0.15) is 5.01 Å². The summed E-state index contributed by atoms with van der Waals surface area (Å²) >= 11 is 1.02. The van der Waals surface area contributed by atoms with Crippen molar-refractivity contribution >= 4 is 33.0 Å². The van der Waals surface area contributed by atoms with E-state index in [-0.39, 0.29) is 16.6 Å². The summed E-state index contributed by atoms with van der Waals surface area (Å²) in [6, 6.07) is 7.34. The predicted octanol–water partition coefficient (Wildman–Crippen LogP) is 1.31. The van der Waals surface area contributed by atoms with Crippen LogP contribution in [0, 0.1) is 6.92 Å². The van der Waals surface area contributed by atoms with E-state index < -0.39 is 15.9 Å². The van der Waals surface area contributed by atoms with Crippen molar-refractivity contribution in [1.29, 1.82) is 0 Å². The minimum absolute atomic E-state index is 0.0750. The Hall–Kier alpha value is -2.63. The fraction of sp³-hybridized carbons (Fsp3) is 0.200. The first-order valence-corrected chi connectivity index (χ1v) is 9.81. The number of hydrogen-bond acceptors (Lipinski definition) is 7. The highest BCUT2D eigenvalue weighted by atomic mass is 32.2. The van der Waals surface area contributed by atoms with Gasteiger partial charge in [-0.25, -0.2) is 18.1 Å². The van der Waals surface area contributed by atoms with Gasteiger partial charge >= 0.3 is 0 Å². The summed E-state index contributed by atoms with van der Waals surface area (Å²) in [5.41, 5.74) is 1.73. The molecule has 11 heteroatoms. The van der Waals surface area contributed by atoms with Crippen molar-refractivity contribution in [2.24, 2.45) is 7.05 Å². The zero-order valence-electron chi connectivity index (χ0n) is 14.0. The van der Waals surface area contributed by atoms with Gasteiger partial charge in [0.25, 0.3) is 15.9 Å². The average molecular weight is 392 g/mol. The molecule has 3 rings (SSSR count). The lowest BCUT2D eigenvalue weighted by Crippen LogP contribution is -2.23. The standard InChI is InChI=1S/C15H16N6O3S2/c1-10-3-5-11(6-4-10)18-14(22)15-20-19-12(25-15)7-17-26(23,24)13-8-21(2)9-16-13/h3-6,8-9,17H,7H2,1-2H3,(H,18,22). The molecule has 0 atom stereocenters. The number of amides is 1. The van der Waals surface area contributed by atoms with Crippen LogP contribution in [-0.2, 0) is 23.6 Å². The van der Waals surface area contributed by atoms with E-state index in [2.05, 4.69) is 25.2 Å². The summed E-state index contributed by atoms with van der Waals surface area (Å²) < 4.78 is 28.2. The number of aromatic nitrogens is 4. The Morgan fingerprint density at radius 1 is 1.23 bits per heavy atom. The number of imidazole rings is 1. The molecule has 0 bridgehead atoms. The van der Waals surface area contributed by atoms with Crippen LogP contribution in [0.4, 0.5) is 5.69 Å². The van der Waals surface area contributed by atoms with Crippen LogP contribution in [0.1, 0.15) is 20.4 Å². The van der Waals surface area contributed by atoms with Crippen LogP contribution >= 0.6 is 11.3 Å². The maximum absolute atomic E-state index is 12.2. The third-order valence-corrected chi connectivity index (χ3v) is 5.55. The van der Waals surface area contributed by atoms with Crippen molar-refractivity contribution in [2.45, 2.75) is 18.5 Å². The molecule has 136 valence electrons. The van der Waals surface area contributed by atoms with Gasteiger partial charge in [0, 0.05) is 18.9 Å². The number of nitrogens with zero attached hydrogens (tertiary/aromatic N) is 4. The van der Waals surface area contributed by atoms with Crippen molar-refractivity contribution in [1.82, 2.24) is 24.5 Å². The number of carbonyl (C=O) groups excluding carboxylic acids is 1. The second-order valence-corrected chi connectivity index (χ2v) is 8.30. The van der Waals surface area contributed by atoms with Crippen molar-refractivity contribution < 1.29 is 13.2 Å². The predicted molar refractivity (Wildman–Crippen MR) is 96.3 cm³/mol. The fourth-order valence-corrected chi connectivity index (χ4v) is 3.73. The normalized spacial score (nSPS) is 11.5. The maximum atomic E-state index is 12.2. The number of hydrogen-bond donors (Lipinski definition) is 2. The molecule has 3 aromatic rings. The monoisotopic (exact) mass is 392 g/mol. The topological polar surface area (TPSA) is 119 Å². The minimum Gasteiger partial charge on any atom is -0.339 e. The summed E-state index contributed by atoms with van der Waals surface area (Å²) in [6.45, 7) is 1.88. The lowest BCUT2D eigenvalue weighted by molar-refractivity contribution is 0.102. The van der Waals surface area contributed by atoms with Gasteiger partial charge in [-0.2, -0.15) is 0 Å². The van der Waals surface area contributed by atoms with Crippen LogP contribution in [0.25, 0.3) is 0 Å². The van der Waals surface area contributed by atoms with Gasteiger partial charge in [0.05, 0.1) is 12.9 Å². The van der Waals surface area contributed by atoms with Crippen molar-refractivity contribution in [3.63, 3.8) is 0 Å². The Balaban J connectivity index is 1.62. The van der Waals surface area contributed by atoms with Crippen LogP contribution in [-0.4, -0.2) is 34.1 Å². The van der Waals surface area contributed by atoms with Crippen molar-refractivity contribution in [3.05, 3.63) is 52.4 Å². The quantitative estimate of drug-likeness (QED) is 0.653. The average Bonchev–Trinajstić information content (AvgIpc) is 3.24. The first-order chi connectivity index (χ1) is 12.3. The number of nitrogens with one attached hydrogen (secondary N) is 2. The number of rotatable bonds is 6. The molecule has 0 saturated carbocycles. The van der Waals surface area contributed by atoms with Gasteiger partial charge in [-0.05, 0) is 19.1 Å². The smallest absolute Gasteiger partial charge is 0.286 e. The van der Waals surface area contributed by atoms with E-state index in [0.717, 1.165) is 16.9 Å². The van der Waals surface area contributed by atoms with E-state index in [1.807, 2.05) is 19.1 Å². The van der Waals surface area contributed by atoms with Gasteiger partial charge in [-0.15, -0.1) is 10.2 Å². The first-order valence-electron chi connectivity index (χ1n) is 7.51. The zero-order valence-corrected chi connectivity index (χ0v) is 15.6. The molecule has 0 fully saturated rings. The molecule has 1 amide bonds. The molecule has 0 radical (unpaired) electrons. The van der Waals surface area contributed by atoms with Gasteiger partial charge < -0.3 is 9.88 Å². The zero-order chi connectivity index (χ0) is 18.7. The molecule has 0 aliphatic carbocycles. The number of aryl methyl sites for hydroxylation is 2. The molecule has 0 unspecified atom stereocenters. The van der Waals surface area contributed by atoms with Crippen LogP contribution in [0.15, 0.2) is 41.8 Å². The molecular weight excluding hydrogens is 376 g/mol. The van der Waals surface area contributed by atoms with Crippen LogP contribution in [0.3, 0.4) is 0 Å². The van der Waals surface area contributed by atoms with E-state index in [9.17, 15) is 13.2 Å². The Morgan fingerprint density at radius 2 is 1.96 bits per heavy atom. The molecule has 0 spiro atoms. The van der Waals surface area contributed by atoms with E-state index in [4.69, 9.17) is 0 Å². The summed E-state index contributed by atoms with van der Waals surface area (Å²) in [5, 5.41) is 10.8. The lowest BCUT2D eigenvalue weighted by Gasteiger charge is -2.02. The van der Waals surface area contributed by atoms with Crippen LogP contribution < -0.4 is 10.0 Å². The van der Waals surface area contributed by atoms with Gasteiger partial charge in [0.15, 0.2) is 5.03 Å². The van der Waals surface area contributed by atoms with Crippen molar-refractivity contribution in [2.75, 3.05) is 5.32 Å². The molecule has 0 aliphatic rings. The fourth-order valence-electron chi connectivity index (χ4n) is 2.00. The van der Waals surface area contributed by atoms with E-state index in [1.165, 1.54) is 17.1 Å². The van der Waals surface area contributed by atoms with Gasteiger partial charge in [0.2, 0.25) is 5.01 Å². The Bertz CT molecular complexity index is 1020. The van der Waals surface area contributed by atoms with Crippen LogP contribution in [0.5, 0.6) is 0 Å². The molecule has 2 aromatic heterocycles. The molecule has 2 heterocycles. The summed E-state index contributed by atoms with van der Waals surface area (Å²) in [7, 11) is -2.07. The summed E-state index contributed by atoms with van der Waals surface area (Å²) in [4.78, 5) is 16.0. The highest BCUT2D eigenvalue weighted by Crippen LogP contribution is 2.15. The molecule has 0 saturated heterocycles. The Morgan fingerprint density at radius 3 is 2.62 bits per heavy atom. The second-order valence-electron chi connectivity index (χ2n) is 5.52. The van der Waals surface area contributed by atoms with E-state index in [0.29, 0.717) is 10.7 Å². The minimum atomic E-state index is -3.74. The van der Waals surface area contributed by atoms with Gasteiger partial charge in [-0.3, -0.25) is 4.79 Å². The number of benzene rings is 1. The number of carbonyl (C=O) groups is 1. The Labute approximate surface area is 154 Å². The number of anilines is 1. The molecule has 26 heavy (non-hydrogen) atoms. The third kappa shape index (κ3) is 4.31. The number of sulfonamides is 1. The van der Waals surface area contributed by atoms with Gasteiger partial charge in [-0.1, -0.05) is 29.0 Å². The van der Waals surface area contributed by atoms with Crippen molar-refractivity contribution in [3.8, 4) is 0 Å². The molecule has 0 aliphatic heterocycles. The second kappa shape index (κ2) is 7.32. The first kappa shape index (κ1) is 18.2. The molecule has 9 nitrogen and oxygen atoms in total. The highest BCUT2D eigenvalue weighted by molar-refractivity contribution is 7.89. The molecule has 1 aromatic carbocycles. The highest BCUT2D eigenvalue weighted by Gasteiger charge is 2.19. The lowest BCUT2D eigenvalue weighted by atomic mass is 10.2. The maximum Gasteiger partial charge on any atom is 0.286 e.